The molecule has 70 valence electrons. The summed E-state index contributed by atoms with van der Waals surface area (Å²) in [6, 6.07) is 4.98. The van der Waals surface area contributed by atoms with E-state index < -0.39 is 5.97 Å². The summed E-state index contributed by atoms with van der Waals surface area (Å²) in [4.78, 5) is 11.1. The number of ether oxygens (including phenoxy) is 1. The van der Waals surface area contributed by atoms with E-state index in [4.69, 9.17) is 9.68 Å². The summed E-state index contributed by atoms with van der Waals surface area (Å²) in [5.41, 5.74) is -0.139. The summed E-state index contributed by atoms with van der Waals surface area (Å²) in [6.07, 6.45) is 3.71. The first-order chi connectivity index (χ1) is 6.77. The van der Waals surface area contributed by atoms with Crippen LogP contribution in [0.4, 0.5) is 0 Å². The molecule has 0 aliphatic heterocycles. The van der Waals surface area contributed by atoms with Crippen LogP contribution in [0, 0.1) is 11.3 Å². The van der Waals surface area contributed by atoms with Crippen LogP contribution >= 0.6 is 0 Å². The predicted molar refractivity (Wildman–Crippen MR) is 48.6 cm³/mol. The first-order valence-electron chi connectivity index (χ1n) is 3.75. The molecule has 0 spiro atoms. The Hall–Kier alpha value is -2.28. The Bertz CT molecular complexity index is 396. The molecule has 0 unspecified atom stereocenters. The van der Waals surface area contributed by atoms with Crippen molar-refractivity contribution in [2.75, 3.05) is 0 Å². The van der Waals surface area contributed by atoms with Crippen LogP contribution < -0.4 is 0 Å². The van der Waals surface area contributed by atoms with Crippen LogP contribution in [0.2, 0.25) is 0 Å². The van der Waals surface area contributed by atoms with Gasteiger partial charge in [0.1, 0.15) is 17.4 Å². The Labute approximate surface area is 80.7 Å². The smallest absolute Gasteiger partial charge is 0.353 e. The molecule has 0 fully saturated rings. The van der Waals surface area contributed by atoms with Crippen molar-refractivity contribution in [1.29, 1.82) is 5.26 Å². The molecule has 4 heteroatoms. The van der Waals surface area contributed by atoms with Crippen LogP contribution in [-0.2, 0) is 9.53 Å². The number of hydrogen-bond acceptors (Lipinski definition) is 4. The number of nitriles is 1. The summed E-state index contributed by atoms with van der Waals surface area (Å²) in [6.45, 7) is 3.21. The first kappa shape index (κ1) is 9.81. The minimum absolute atomic E-state index is 0.139. The molecule has 1 aromatic heterocycles. The molecule has 4 nitrogen and oxygen atoms in total. The molecule has 1 heterocycles. The van der Waals surface area contributed by atoms with Gasteiger partial charge in [-0.05, 0) is 12.1 Å². The second-order valence-corrected chi connectivity index (χ2v) is 2.26. The number of rotatable bonds is 3. The fourth-order valence-corrected chi connectivity index (χ4v) is 0.792. The van der Waals surface area contributed by atoms with Crippen molar-refractivity contribution in [3.8, 4) is 6.07 Å². The van der Waals surface area contributed by atoms with Gasteiger partial charge < -0.3 is 9.15 Å². The Balaban J connectivity index is 2.88. The van der Waals surface area contributed by atoms with Crippen LogP contribution in [0.1, 0.15) is 5.76 Å². The summed E-state index contributed by atoms with van der Waals surface area (Å²) >= 11 is 0. The minimum atomic E-state index is -0.751. The summed E-state index contributed by atoms with van der Waals surface area (Å²) in [5, 5.41) is 8.63. The van der Waals surface area contributed by atoms with Gasteiger partial charge in [-0.1, -0.05) is 6.58 Å². The highest BCUT2D eigenvalue weighted by molar-refractivity contribution is 5.97. The fourth-order valence-electron chi connectivity index (χ4n) is 0.792. The number of furan rings is 1. The van der Waals surface area contributed by atoms with E-state index in [0.29, 0.717) is 5.76 Å². The Morgan fingerprint density at radius 3 is 3.00 bits per heavy atom. The van der Waals surface area contributed by atoms with Crippen molar-refractivity contribution >= 4 is 12.0 Å². The van der Waals surface area contributed by atoms with Gasteiger partial charge in [0.15, 0.2) is 0 Å². The molecule has 0 aromatic carbocycles. The van der Waals surface area contributed by atoms with E-state index in [2.05, 4.69) is 11.3 Å². The van der Waals surface area contributed by atoms with Crippen molar-refractivity contribution < 1.29 is 13.9 Å². The first-order valence-corrected chi connectivity index (χ1v) is 3.75. The molecule has 0 aliphatic rings. The van der Waals surface area contributed by atoms with Gasteiger partial charge in [-0.2, -0.15) is 5.26 Å². The van der Waals surface area contributed by atoms with E-state index in [1.165, 1.54) is 12.3 Å². The lowest BCUT2D eigenvalue weighted by atomic mass is 10.2. The molecule has 0 amide bonds. The second-order valence-electron chi connectivity index (χ2n) is 2.26. The molecule has 0 saturated carbocycles. The van der Waals surface area contributed by atoms with Gasteiger partial charge in [0, 0.05) is 6.08 Å². The number of esters is 1. The van der Waals surface area contributed by atoms with Gasteiger partial charge in [-0.3, -0.25) is 0 Å². The maximum Gasteiger partial charge on any atom is 0.353 e. The molecule has 1 aromatic rings. The number of nitrogens with zero attached hydrogens (tertiary/aromatic N) is 1. The van der Waals surface area contributed by atoms with Gasteiger partial charge in [-0.15, -0.1) is 0 Å². The van der Waals surface area contributed by atoms with Gasteiger partial charge in [-0.25, -0.2) is 4.79 Å². The molecule has 0 aliphatic carbocycles. The molecule has 1 rings (SSSR count). The Kier molecular flexibility index (Phi) is 3.27. The van der Waals surface area contributed by atoms with Crippen molar-refractivity contribution in [3.05, 3.63) is 42.6 Å². The van der Waals surface area contributed by atoms with E-state index in [0.717, 1.165) is 6.26 Å². The Morgan fingerprint density at radius 1 is 1.71 bits per heavy atom. The van der Waals surface area contributed by atoms with Crippen molar-refractivity contribution in [2.45, 2.75) is 0 Å². The second kappa shape index (κ2) is 4.67. The predicted octanol–water partition coefficient (Wildman–Crippen LogP) is 1.87. The van der Waals surface area contributed by atoms with Gasteiger partial charge >= 0.3 is 5.97 Å². The van der Waals surface area contributed by atoms with E-state index in [-0.39, 0.29) is 5.57 Å². The molecule has 0 radical (unpaired) electrons. The highest BCUT2D eigenvalue weighted by Crippen LogP contribution is 2.08. The third-order valence-corrected chi connectivity index (χ3v) is 1.36. The van der Waals surface area contributed by atoms with Crippen LogP contribution in [0.15, 0.2) is 41.2 Å². The van der Waals surface area contributed by atoms with Crippen molar-refractivity contribution in [2.24, 2.45) is 0 Å². The quantitative estimate of drug-likeness (QED) is 0.315. The average Bonchev–Trinajstić information content (AvgIpc) is 2.66. The van der Waals surface area contributed by atoms with Crippen molar-refractivity contribution in [1.82, 2.24) is 0 Å². The molecule has 14 heavy (non-hydrogen) atoms. The average molecular weight is 189 g/mol. The molecular formula is C10H7NO3. The lowest BCUT2D eigenvalue weighted by Gasteiger charge is -1.94. The molecule has 0 N–H and O–H groups in total. The van der Waals surface area contributed by atoms with E-state index in [1.54, 1.807) is 18.2 Å². The normalized spacial score (nSPS) is 10.4. The van der Waals surface area contributed by atoms with E-state index >= 15 is 0 Å². The molecule has 0 bridgehead atoms. The molecule has 0 atom stereocenters. The summed E-state index contributed by atoms with van der Waals surface area (Å²) in [5.74, 6) is -0.332. The maximum absolute atomic E-state index is 11.1. The highest BCUT2D eigenvalue weighted by Gasteiger charge is 2.09. The Morgan fingerprint density at radius 2 is 2.50 bits per heavy atom. The zero-order valence-corrected chi connectivity index (χ0v) is 7.27. The number of hydrogen-bond donors (Lipinski definition) is 0. The zero-order chi connectivity index (χ0) is 10.4. The van der Waals surface area contributed by atoms with Crippen LogP contribution in [0.25, 0.3) is 6.08 Å². The number of carbonyl (C=O) groups excluding carboxylic acids is 1. The van der Waals surface area contributed by atoms with Gasteiger partial charge in [0.25, 0.3) is 0 Å². The minimum Gasteiger partial charge on any atom is -0.465 e. The van der Waals surface area contributed by atoms with Gasteiger partial charge in [0.05, 0.1) is 12.5 Å². The third-order valence-electron chi connectivity index (χ3n) is 1.36. The molecular weight excluding hydrogens is 182 g/mol. The number of carbonyl (C=O) groups is 1. The zero-order valence-electron chi connectivity index (χ0n) is 7.27. The standard InChI is InChI=1S/C10H7NO3/c1-2-13-10(12)8(7-11)6-9-4-3-5-14-9/h2-6H,1H2/b8-6-. The van der Waals surface area contributed by atoms with E-state index in [9.17, 15) is 4.79 Å². The van der Waals surface area contributed by atoms with Crippen LogP contribution in [0.3, 0.4) is 0 Å². The van der Waals surface area contributed by atoms with Crippen LogP contribution in [0.5, 0.6) is 0 Å². The third kappa shape index (κ3) is 2.35. The summed E-state index contributed by atoms with van der Waals surface area (Å²) < 4.78 is 9.37. The lowest BCUT2D eigenvalue weighted by Crippen LogP contribution is -2.01. The van der Waals surface area contributed by atoms with Crippen molar-refractivity contribution in [3.63, 3.8) is 0 Å². The SMILES string of the molecule is C=COC(=O)/C(C#N)=C\c1ccco1. The monoisotopic (exact) mass is 189 g/mol. The largest absolute Gasteiger partial charge is 0.465 e. The summed E-state index contributed by atoms with van der Waals surface area (Å²) in [7, 11) is 0. The lowest BCUT2D eigenvalue weighted by molar-refractivity contribution is -0.133. The topological polar surface area (TPSA) is 63.2 Å². The van der Waals surface area contributed by atoms with Crippen LogP contribution in [-0.4, -0.2) is 5.97 Å². The highest BCUT2D eigenvalue weighted by atomic mass is 16.5. The molecule has 0 saturated heterocycles. The fraction of sp³-hybridized carbons (Fsp3) is 0. The van der Waals surface area contributed by atoms with Gasteiger partial charge in [0.2, 0.25) is 0 Å². The maximum atomic E-state index is 11.1. The van der Waals surface area contributed by atoms with E-state index in [1.807, 2.05) is 0 Å².